The number of nitrogens with one attached hydrogen (secondary N) is 1. The number of ether oxygens (including phenoxy) is 1. The van der Waals surface area contributed by atoms with Gasteiger partial charge in [0.15, 0.2) is 18.1 Å². The normalized spacial score (nSPS) is 13.4. The van der Waals surface area contributed by atoms with Crippen molar-refractivity contribution in [3.8, 4) is 5.75 Å². The van der Waals surface area contributed by atoms with Crippen LogP contribution in [0.3, 0.4) is 0 Å². The lowest BCUT2D eigenvalue weighted by Crippen LogP contribution is -2.53. The van der Waals surface area contributed by atoms with Gasteiger partial charge in [-0.2, -0.15) is 0 Å². The van der Waals surface area contributed by atoms with Crippen LogP contribution < -0.4 is 10.1 Å². The first-order valence-electron chi connectivity index (χ1n) is 6.41. The molecule has 0 saturated heterocycles. The van der Waals surface area contributed by atoms with E-state index in [4.69, 9.17) is 39.5 Å². The lowest BCUT2D eigenvalue weighted by molar-refractivity contribution is -0.131. The molecule has 0 saturated carbocycles. The van der Waals surface area contributed by atoms with Gasteiger partial charge in [-0.15, -0.1) is 0 Å². The van der Waals surface area contributed by atoms with E-state index in [1.165, 1.54) is 12.1 Å². The SMILES string of the molecule is CCC(C)(NC(=O)COc1c(Cl)cc(Cl)cc1Cl)C(=O)CBr. The van der Waals surface area contributed by atoms with Gasteiger partial charge in [-0.1, -0.05) is 57.7 Å². The second-order valence-electron chi connectivity index (χ2n) is 4.78. The summed E-state index contributed by atoms with van der Waals surface area (Å²) in [6.45, 7) is 3.16. The van der Waals surface area contributed by atoms with Crippen molar-refractivity contribution in [3.05, 3.63) is 27.2 Å². The van der Waals surface area contributed by atoms with E-state index in [1.54, 1.807) is 6.92 Å². The highest BCUT2D eigenvalue weighted by atomic mass is 79.9. The molecule has 0 aromatic heterocycles. The summed E-state index contributed by atoms with van der Waals surface area (Å²) in [6, 6.07) is 2.93. The second-order valence-corrected chi connectivity index (χ2v) is 6.59. The van der Waals surface area contributed by atoms with Crippen LogP contribution in [-0.2, 0) is 9.59 Å². The molecule has 1 amide bonds. The van der Waals surface area contributed by atoms with Crippen molar-refractivity contribution in [2.75, 3.05) is 11.9 Å². The molecule has 0 bridgehead atoms. The Hall–Kier alpha value is -0.490. The molecule has 22 heavy (non-hydrogen) atoms. The molecule has 1 aromatic rings. The number of rotatable bonds is 7. The summed E-state index contributed by atoms with van der Waals surface area (Å²) in [5.41, 5.74) is -0.947. The molecular formula is C14H15BrCl3NO3. The van der Waals surface area contributed by atoms with E-state index in [0.717, 1.165) is 0 Å². The third-order valence-electron chi connectivity index (χ3n) is 3.17. The summed E-state index contributed by atoms with van der Waals surface area (Å²) in [5.74, 6) is -0.389. The number of benzene rings is 1. The Kier molecular flexibility index (Phi) is 7.46. The van der Waals surface area contributed by atoms with Crippen molar-refractivity contribution in [1.82, 2.24) is 5.32 Å². The van der Waals surface area contributed by atoms with Gasteiger partial charge in [0.2, 0.25) is 0 Å². The van der Waals surface area contributed by atoms with Gasteiger partial charge in [0.25, 0.3) is 5.91 Å². The van der Waals surface area contributed by atoms with E-state index < -0.39 is 11.4 Å². The van der Waals surface area contributed by atoms with Crippen LogP contribution in [-0.4, -0.2) is 29.2 Å². The van der Waals surface area contributed by atoms with Crippen molar-refractivity contribution in [2.45, 2.75) is 25.8 Å². The summed E-state index contributed by atoms with van der Waals surface area (Å²) in [6.07, 6.45) is 0.464. The number of alkyl halides is 1. The maximum absolute atomic E-state index is 12.0. The Bertz CT molecular complexity index is 559. The van der Waals surface area contributed by atoms with E-state index in [0.29, 0.717) is 11.4 Å². The lowest BCUT2D eigenvalue weighted by Gasteiger charge is -2.27. The quantitative estimate of drug-likeness (QED) is 0.656. The molecule has 4 nitrogen and oxygen atoms in total. The van der Waals surface area contributed by atoms with Gasteiger partial charge in [0, 0.05) is 5.02 Å². The summed E-state index contributed by atoms with van der Waals surface area (Å²) < 4.78 is 5.33. The average molecular weight is 432 g/mol. The Morgan fingerprint density at radius 3 is 2.27 bits per heavy atom. The highest BCUT2D eigenvalue weighted by molar-refractivity contribution is 9.09. The second kappa shape index (κ2) is 8.39. The van der Waals surface area contributed by atoms with Crippen LogP contribution in [0.15, 0.2) is 12.1 Å². The van der Waals surface area contributed by atoms with Gasteiger partial charge in [-0.05, 0) is 25.5 Å². The third-order valence-corrected chi connectivity index (χ3v) is 4.46. The zero-order valence-corrected chi connectivity index (χ0v) is 15.9. The first kappa shape index (κ1) is 19.6. The largest absolute Gasteiger partial charge is 0.481 e. The molecule has 0 fully saturated rings. The number of carbonyl (C=O) groups excluding carboxylic acids is 2. The molecule has 0 radical (unpaired) electrons. The minimum absolute atomic E-state index is 0.120. The van der Waals surface area contributed by atoms with Crippen LogP contribution in [0.25, 0.3) is 0 Å². The number of Topliss-reactive ketones (excluding diaryl/α,β-unsaturated/α-hetero) is 1. The van der Waals surface area contributed by atoms with Gasteiger partial charge in [-0.25, -0.2) is 0 Å². The molecular weight excluding hydrogens is 416 g/mol. The number of carbonyl (C=O) groups is 2. The molecule has 1 atom stereocenters. The highest BCUT2D eigenvalue weighted by Gasteiger charge is 2.31. The zero-order chi connectivity index (χ0) is 16.9. The first-order valence-corrected chi connectivity index (χ1v) is 8.66. The molecule has 1 rings (SSSR count). The van der Waals surface area contributed by atoms with Crippen molar-refractivity contribution in [2.24, 2.45) is 0 Å². The maximum atomic E-state index is 12.0. The summed E-state index contributed by atoms with van der Waals surface area (Å²) in [7, 11) is 0. The van der Waals surface area contributed by atoms with Crippen LogP contribution >= 0.6 is 50.7 Å². The van der Waals surface area contributed by atoms with Gasteiger partial charge >= 0.3 is 0 Å². The maximum Gasteiger partial charge on any atom is 0.258 e. The molecule has 0 aliphatic heterocycles. The summed E-state index contributed by atoms with van der Waals surface area (Å²) in [5, 5.41) is 3.60. The molecule has 0 spiro atoms. The molecule has 122 valence electrons. The first-order chi connectivity index (χ1) is 10.2. The van der Waals surface area contributed by atoms with Gasteiger partial charge in [0.1, 0.15) is 0 Å². The van der Waals surface area contributed by atoms with Crippen LogP contribution in [0, 0.1) is 0 Å². The number of ketones is 1. The van der Waals surface area contributed by atoms with E-state index >= 15 is 0 Å². The predicted molar refractivity (Wildman–Crippen MR) is 92.6 cm³/mol. The van der Waals surface area contributed by atoms with Crippen molar-refractivity contribution in [1.29, 1.82) is 0 Å². The van der Waals surface area contributed by atoms with Crippen LogP contribution in [0.4, 0.5) is 0 Å². The lowest BCUT2D eigenvalue weighted by atomic mass is 9.94. The fraction of sp³-hybridized carbons (Fsp3) is 0.429. The van der Waals surface area contributed by atoms with E-state index in [9.17, 15) is 9.59 Å². The van der Waals surface area contributed by atoms with Gasteiger partial charge in [0.05, 0.1) is 20.9 Å². The molecule has 1 aromatic carbocycles. The molecule has 0 aliphatic rings. The summed E-state index contributed by atoms with van der Waals surface area (Å²) in [4.78, 5) is 23.8. The summed E-state index contributed by atoms with van der Waals surface area (Å²) >= 11 is 20.8. The minimum Gasteiger partial charge on any atom is -0.481 e. The monoisotopic (exact) mass is 429 g/mol. The van der Waals surface area contributed by atoms with E-state index in [-0.39, 0.29) is 33.5 Å². The van der Waals surface area contributed by atoms with Crippen LogP contribution in [0.2, 0.25) is 15.1 Å². The van der Waals surface area contributed by atoms with Crippen molar-refractivity contribution in [3.63, 3.8) is 0 Å². The fourth-order valence-corrected chi connectivity index (χ4v) is 3.20. The molecule has 8 heteroatoms. The zero-order valence-electron chi connectivity index (χ0n) is 12.0. The van der Waals surface area contributed by atoms with Gasteiger partial charge in [-0.3, -0.25) is 9.59 Å². The number of halogens is 4. The Labute approximate surface area is 152 Å². The van der Waals surface area contributed by atoms with Gasteiger partial charge < -0.3 is 10.1 Å². The molecule has 1 unspecified atom stereocenters. The minimum atomic E-state index is -0.947. The predicted octanol–water partition coefficient (Wildman–Crippen LogP) is 4.27. The highest BCUT2D eigenvalue weighted by Crippen LogP contribution is 2.35. The van der Waals surface area contributed by atoms with E-state index in [1.807, 2.05) is 6.92 Å². The van der Waals surface area contributed by atoms with E-state index in [2.05, 4.69) is 21.2 Å². The standard InChI is InChI=1S/C14H15BrCl3NO3/c1-3-14(2,11(20)6-15)19-12(21)7-22-13-9(17)4-8(16)5-10(13)18/h4-5H,3,6-7H2,1-2H3,(H,19,21). The number of hydrogen-bond donors (Lipinski definition) is 1. The number of amides is 1. The molecule has 0 aliphatic carbocycles. The fourth-order valence-electron chi connectivity index (χ4n) is 1.65. The Morgan fingerprint density at radius 2 is 1.82 bits per heavy atom. The Balaban J connectivity index is 2.73. The smallest absolute Gasteiger partial charge is 0.258 e. The number of hydrogen-bond acceptors (Lipinski definition) is 3. The third kappa shape index (κ3) is 5.01. The van der Waals surface area contributed by atoms with Crippen molar-refractivity contribution >= 4 is 62.4 Å². The average Bonchev–Trinajstić information content (AvgIpc) is 2.44. The molecule has 0 heterocycles. The topological polar surface area (TPSA) is 55.4 Å². The van der Waals surface area contributed by atoms with Crippen LogP contribution in [0.5, 0.6) is 5.75 Å². The van der Waals surface area contributed by atoms with Crippen molar-refractivity contribution < 1.29 is 14.3 Å². The Morgan fingerprint density at radius 1 is 1.27 bits per heavy atom. The molecule has 1 N–H and O–H groups in total. The van der Waals surface area contributed by atoms with Crippen LogP contribution in [0.1, 0.15) is 20.3 Å².